The first-order valence-corrected chi connectivity index (χ1v) is 24.2. The van der Waals surface area contributed by atoms with Gasteiger partial charge >= 0.3 is 0 Å². The van der Waals surface area contributed by atoms with Crippen molar-refractivity contribution in [2.24, 2.45) is 0 Å². The number of para-hydroxylation sites is 1. The van der Waals surface area contributed by atoms with Crippen molar-refractivity contribution in [1.29, 1.82) is 0 Å². The van der Waals surface area contributed by atoms with Crippen molar-refractivity contribution in [3.8, 4) is 89.7 Å². The van der Waals surface area contributed by atoms with E-state index in [0.29, 0.717) is 33.6 Å². The van der Waals surface area contributed by atoms with E-state index in [-0.39, 0.29) is 72.7 Å². The second kappa shape index (κ2) is 19.5. The predicted molar refractivity (Wildman–Crippen MR) is 298 cm³/mol. The summed E-state index contributed by atoms with van der Waals surface area (Å²) in [6.07, 6.45) is -0.493. The zero-order valence-corrected chi connectivity index (χ0v) is 44.7. The molecule has 0 fully saturated rings. The maximum absolute atomic E-state index is 12.8. The smallest absolute Gasteiger partial charge is 0.148 e. The van der Waals surface area contributed by atoms with Gasteiger partial charge in [-0.2, -0.15) is 0 Å². The Morgan fingerprint density at radius 2 is 1.11 bits per heavy atom. The van der Waals surface area contributed by atoms with Crippen molar-refractivity contribution >= 4 is 11.0 Å². The second-order valence-corrected chi connectivity index (χ2v) is 21.5. The molecule has 5 heteroatoms. The monoisotopic (exact) mass is 1130 g/mol. The fraction of sp³-hybridized carbons (Fsp3) is 0.194. The van der Waals surface area contributed by atoms with Crippen LogP contribution in [0.2, 0.25) is 0 Å². The van der Waals surface area contributed by atoms with Crippen LogP contribution in [0.3, 0.4) is 0 Å². The first-order valence-electron chi connectivity index (χ1n) is 27.7. The summed E-state index contributed by atoms with van der Waals surface area (Å²) in [6.45, 7) is 20.4. The van der Waals surface area contributed by atoms with E-state index in [9.17, 15) is 9.22 Å². The van der Waals surface area contributed by atoms with E-state index in [2.05, 4.69) is 113 Å². The van der Waals surface area contributed by atoms with Crippen molar-refractivity contribution in [1.82, 2.24) is 14.5 Å². The molecule has 10 aromatic rings. The van der Waals surface area contributed by atoms with Crippen LogP contribution in [-0.4, -0.2) is 19.6 Å². The summed E-state index contributed by atoms with van der Waals surface area (Å²) in [4.78, 5) is 10.2. The molecule has 72 heavy (non-hydrogen) atoms. The molecule has 0 aliphatic rings. The Morgan fingerprint density at radius 1 is 0.514 bits per heavy atom. The number of hydrogen-bond acceptors (Lipinski definition) is 3. The zero-order chi connectivity index (χ0) is 55.9. The molecule has 2 aromatic heterocycles. The molecular formula is C67H62N3OPt-. The van der Waals surface area contributed by atoms with Crippen LogP contribution in [0, 0.1) is 13.0 Å². The Bertz CT molecular complexity index is 3980. The molecule has 0 aliphatic carbocycles. The van der Waals surface area contributed by atoms with E-state index in [1.807, 2.05) is 118 Å². The summed E-state index contributed by atoms with van der Waals surface area (Å²) in [6, 6.07) is 50.3. The standard InChI is InChI=1S/C67H62N3O.Pt/c1-43-35-56(47-25-18-13-19-26-47)61(42-55(43)46-23-16-12-17-24-46)70-60-28-20-27-54(62(60)69-64(70)57-40-53(66(5,6)7)41-58(63(57)71)67(8,9)10)50-36-49(44-21-14-11-15-22-44)37-51(38-50)59-39-48(33-34-68-59)45-29-31-52(32-30-45)65(2,3)4;/h11-37,39-42,71H,1-10H3;/q-1;/i29D,30D,31D,32D,33D,34D,39D;. The van der Waals surface area contributed by atoms with Gasteiger partial charge in [0.05, 0.1) is 31.9 Å². The van der Waals surface area contributed by atoms with Crippen molar-refractivity contribution in [3.05, 3.63) is 216 Å². The van der Waals surface area contributed by atoms with Crippen molar-refractivity contribution in [2.45, 2.75) is 85.5 Å². The number of rotatable bonds is 8. The van der Waals surface area contributed by atoms with Crippen LogP contribution in [0.5, 0.6) is 5.75 Å². The summed E-state index contributed by atoms with van der Waals surface area (Å²) in [5.74, 6) is 0.655. The summed E-state index contributed by atoms with van der Waals surface area (Å²) >= 11 is 0. The van der Waals surface area contributed by atoms with Gasteiger partial charge in [-0.1, -0.05) is 218 Å². The second-order valence-electron chi connectivity index (χ2n) is 21.5. The Balaban J connectivity index is 0.00000757. The van der Waals surface area contributed by atoms with Crippen molar-refractivity contribution in [2.75, 3.05) is 0 Å². The van der Waals surface area contributed by atoms with Gasteiger partial charge in [0.2, 0.25) is 0 Å². The molecule has 0 saturated carbocycles. The number of imidazole rings is 1. The predicted octanol–water partition coefficient (Wildman–Crippen LogP) is 17.8. The van der Waals surface area contributed by atoms with Crippen LogP contribution in [-0.2, 0) is 37.3 Å². The molecule has 0 amide bonds. The number of aromatic nitrogens is 3. The minimum atomic E-state index is -0.736. The van der Waals surface area contributed by atoms with E-state index in [0.717, 1.165) is 61.3 Å². The third kappa shape index (κ3) is 9.78. The molecule has 4 nitrogen and oxygen atoms in total. The molecule has 10 rings (SSSR count). The van der Waals surface area contributed by atoms with Crippen LogP contribution in [0.15, 0.2) is 188 Å². The molecule has 8 aromatic carbocycles. The van der Waals surface area contributed by atoms with Gasteiger partial charge in [-0.15, -0.1) is 23.8 Å². The van der Waals surface area contributed by atoms with Crippen LogP contribution >= 0.6 is 0 Å². The molecule has 0 unspecified atom stereocenters. The van der Waals surface area contributed by atoms with Gasteiger partial charge in [-0.25, -0.2) is 4.98 Å². The number of aryl methyl sites for hydroxylation is 1. The van der Waals surface area contributed by atoms with Gasteiger partial charge in [0.25, 0.3) is 0 Å². The third-order valence-electron chi connectivity index (χ3n) is 13.2. The molecule has 0 radical (unpaired) electrons. The van der Waals surface area contributed by atoms with Crippen LogP contribution < -0.4 is 0 Å². The molecule has 2 heterocycles. The maximum Gasteiger partial charge on any atom is 0.148 e. The third-order valence-corrected chi connectivity index (χ3v) is 13.2. The Hall–Kier alpha value is -7.13. The van der Waals surface area contributed by atoms with E-state index in [1.54, 1.807) is 0 Å². The summed E-state index contributed by atoms with van der Waals surface area (Å²) < 4.78 is 66.6. The van der Waals surface area contributed by atoms with Gasteiger partial charge in [-0.05, 0) is 104 Å². The number of hydrogen-bond donors (Lipinski definition) is 1. The summed E-state index contributed by atoms with van der Waals surface area (Å²) in [5, 5.41) is 12.8. The number of nitrogens with zero attached hydrogens (tertiary/aromatic N) is 3. The van der Waals surface area contributed by atoms with E-state index in [4.69, 9.17) is 10.5 Å². The van der Waals surface area contributed by atoms with Gasteiger partial charge in [0.15, 0.2) is 0 Å². The number of aromatic hydroxyl groups is 1. The quantitative estimate of drug-likeness (QED) is 0.154. The van der Waals surface area contributed by atoms with Crippen LogP contribution in [0.1, 0.15) is 94.2 Å². The molecule has 0 aliphatic heterocycles. The largest absolute Gasteiger partial charge is 0.507 e. The normalized spacial score (nSPS) is 13.3. The number of benzene rings is 8. The minimum Gasteiger partial charge on any atom is -0.507 e. The molecule has 1 N–H and O–H groups in total. The van der Waals surface area contributed by atoms with Crippen molar-refractivity contribution in [3.63, 3.8) is 0 Å². The van der Waals surface area contributed by atoms with E-state index >= 15 is 0 Å². The molecule has 0 atom stereocenters. The Labute approximate surface area is 450 Å². The average Bonchev–Trinajstić information content (AvgIpc) is 4.02. The number of phenolic OH excluding ortho intramolecular Hbond substituents is 1. The van der Waals surface area contributed by atoms with E-state index in [1.165, 1.54) is 0 Å². The van der Waals surface area contributed by atoms with Gasteiger partial charge in [-0.3, -0.25) is 9.55 Å². The van der Waals surface area contributed by atoms with Crippen LogP contribution in [0.4, 0.5) is 0 Å². The molecule has 0 bridgehead atoms. The molecular weight excluding hydrogens is 1060 g/mol. The van der Waals surface area contributed by atoms with Gasteiger partial charge in [0.1, 0.15) is 11.6 Å². The molecule has 0 spiro atoms. The van der Waals surface area contributed by atoms with Gasteiger partial charge in [0, 0.05) is 44.1 Å². The fourth-order valence-electron chi connectivity index (χ4n) is 9.23. The summed E-state index contributed by atoms with van der Waals surface area (Å²) in [5.41, 5.74) is 11.1. The SMILES string of the molecule is [2H]c1nc(-c2[c-]c(-c3cccc4c3nc(-c3cc(C(C)(C)C)cc(C(C)(C)C)c3O)n4-c3cc(-c4ccccc4)c(C)cc3-c3ccccc3)cc(-c3ccccc3)c2)c([2H])c(-c2c([2H])c([2H])c(C(C)(C)C)c([2H])c2[2H])c1[2H].[Pt]. The Morgan fingerprint density at radius 3 is 1.72 bits per heavy atom. The summed E-state index contributed by atoms with van der Waals surface area (Å²) in [7, 11) is 0. The average molecular weight is 1130 g/mol. The zero-order valence-electron chi connectivity index (χ0n) is 49.5. The fourth-order valence-corrected chi connectivity index (χ4v) is 9.23. The molecule has 362 valence electrons. The van der Waals surface area contributed by atoms with Gasteiger partial charge < -0.3 is 5.11 Å². The number of pyridine rings is 1. The van der Waals surface area contributed by atoms with Crippen LogP contribution in [0.25, 0.3) is 95.0 Å². The van der Waals surface area contributed by atoms with Crippen molar-refractivity contribution < 1.29 is 35.8 Å². The maximum atomic E-state index is 12.8. The minimum absolute atomic E-state index is 0. The number of phenols is 1. The first-order chi connectivity index (χ1) is 36.8. The topological polar surface area (TPSA) is 50.9 Å². The van der Waals surface area contributed by atoms with E-state index < -0.39 is 35.1 Å². The Kier molecular flexibility index (Phi) is 11.2. The number of fused-ring (bicyclic) bond motifs is 1. The molecule has 0 saturated heterocycles. The first kappa shape index (κ1) is 41.5.